The highest BCUT2D eigenvalue weighted by molar-refractivity contribution is 7.89. The van der Waals surface area contributed by atoms with E-state index in [0.29, 0.717) is 38.2 Å². The van der Waals surface area contributed by atoms with Gasteiger partial charge in [-0.2, -0.15) is 17.5 Å². The summed E-state index contributed by atoms with van der Waals surface area (Å²) in [5.41, 5.74) is 0.0145. The van der Waals surface area contributed by atoms with Crippen LogP contribution in [-0.2, 0) is 27.5 Å². The number of hydrogen-bond donors (Lipinski definition) is 1. The van der Waals surface area contributed by atoms with Gasteiger partial charge in [0.05, 0.1) is 10.5 Å². The van der Waals surface area contributed by atoms with E-state index in [1.54, 1.807) is 18.2 Å². The second-order valence-corrected chi connectivity index (χ2v) is 9.58. The number of amides is 1. The monoisotopic (exact) mass is 469 g/mol. The topological polar surface area (TPSA) is 69.7 Å². The number of hydrogen-bond acceptors (Lipinski definition) is 4. The predicted molar refractivity (Wildman–Crippen MR) is 114 cm³/mol. The highest BCUT2D eigenvalue weighted by Crippen LogP contribution is 2.29. The molecule has 0 bridgehead atoms. The van der Waals surface area contributed by atoms with E-state index in [-0.39, 0.29) is 30.3 Å². The van der Waals surface area contributed by atoms with Crippen LogP contribution in [0.3, 0.4) is 0 Å². The van der Waals surface area contributed by atoms with Crippen molar-refractivity contribution in [3.63, 3.8) is 0 Å². The molecule has 1 aliphatic heterocycles. The standard InChI is InChI=1S/C22H26F3N3O3S/c23-22(24,25)19-9-7-18(8-10-19)17-27-13-4-14-28(15-11-21(29)26-12-16-27)32(30,31)20-5-2-1-3-6-20/h1-3,5-10H,4,11-17H2,(H,26,29). The third-order valence-corrected chi connectivity index (χ3v) is 7.20. The third kappa shape index (κ3) is 6.54. The van der Waals surface area contributed by atoms with Gasteiger partial charge in [0.25, 0.3) is 0 Å². The van der Waals surface area contributed by atoms with Gasteiger partial charge in [0.15, 0.2) is 0 Å². The van der Waals surface area contributed by atoms with Crippen LogP contribution in [0, 0.1) is 0 Å². The van der Waals surface area contributed by atoms with Crippen LogP contribution in [0.25, 0.3) is 0 Å². The Morgan fingerprint density at radius 2 is 1.59 bits per heavy atom. The van der Waals surface area contributed by atoms with Gasteiger partial charge >= 0.3 is 6.18 Å². The average Bonchev–Trinajstić information content (AvgIpc) is 2.79. The molecule has 0 saturated carbocycles. The first kappa shape index (κ1) is 24.2. The normalized spacial score (nSPS) is 18.0. The van der Waals surface area contributed by atoms with E-state index in [9.17, 15) is 26.4 Å². The van der Waals surface area contributed by atoms with E-state index in [4.69, 9.17) is 0 Å². The lowest BCUT2D eigenvalue weighted by atomic mass is 10.1. The molecular weight excluding hydrogens is 443 g/mol. The van der Waals surface area contributed by atoms with Gasteiger partial charge in [-0.05, 0) is 42.8 Å². The van der Waals surface area contributed by atoms with Crippen molar-refractivity contribution in [3.05, 3.63) is 65.7 Å². The van der Waals surface area contributed by atoms with Gasteiger partial charge in [-0.25, -0.2) is 8.42 Å². The molecule has 1 saturated heterocycles. The summed E-state index contributed by atoms with van der Waals surface area (Å²) in [4.78, 5) is 14.3. The number of rotatable bonds is 4. The Morgan fingerprint density at radius 3 is 2.25 bits per heavy atom. The molecule has 2 aromatic rings. The molecule has 1 N–H and O–H groups in total. The van der Waals surface area contributed by atoms with Crippen molar-refractivity contribution < 1.29 is 26.4 Å². The summed E-state index contributed by atoms with van der Waals surface area (Å²) in [6, 6.07) is 13.1. The van der Waals surface area contributed by atoms with E-state index in [2.05, 4.69) is 5.32 Å². The first-order valence-corrected chi connectivity index (χ1v) is 11.8. The molecule has 1 heterocycles. The van der Waals surface area contributed by atoms with Crippen molar-refractivity contribution in [2.75, 3.05) is 32.7 Å². The van der Waals surface area contributed by atoms with Gasteiger partial charge in [-0.15, -0.1) is 0 Å². The molecule has 1 amide bonds. The van der Waals surface area contributed by atoms with Gasteiger partial charge < -0.3 is 5.32 Å². The van der Waals surface area contributed by atoms with Crippen molar-refractivity contribution >= 4 is 15.9 Å². The van der Waals surface area contributed by atoms with Crippen molar-refractivity contribution in [2.24, 2.45) is 0 Å². The maximum absolute atomic E-state index is 13.0. The molecule has 0 aromatic heterocycles. The van der Waals surface area contributed by atoms with E-state index < -0.39 is 21.8 Å². The van der Waals surface area contributed by atoms with Crippen LogP contribution in [0.5, 0.6) is 0 Å². The molecule has 1 fully saturated rings. The molecule has 10 heteroatoms. The van der Waals surface area contributed by atoms with Gasteiger partial charge in [-0.1, -0.05) is 30.3 Å². The number of sulfonamides is 1. The minimum Gasteiger partial charge on any atom is -0.355 e. The van der Waals surface area contributed by atoms with Crippen LogP contribution in [0.4, 0.5) is 13.2 Å². The Labute approximate surface area is 186 Å². The molecule has 2 aromatic carbocycles. The van der Waals surface area contributed by atoms with Crippen molar-refractivity contribution in [1.29, 1.82) is 0 Å². The van der Waals surface area contributed by atoms with Crippen LogP contribution in [0.15, 0.2) is 59.5 Å². The lowest BCUT2D eigenvalue weighted by Crippen LogP contribution is -2.36. The zero-order valence-electron chi connectivity index (χ0n) is 17.5. The van der Waals surface area contributed by atoms with Crippen LogP contribution >= 0.6 is 0 Å². The molecule has 0 radical (unpaired) electrons. The molecule has 0 aliphatic carbocycles. The van der Waals surface area contributed by atoms with Crippen LogP contribution in [-0.4, -0.2) is 56.3 Å². The number of carbonyl (C=O) groups is 1. The molecule has 6 nitrogen and oxygen atoms in total. The van der Waals surface area contributed by atoms with Crippen LogP contribution in [0.2, 0.25) is 0 Å². The molecule has 0 atom stereocenters. The smallest absolute Gasteiger partial charge is 0.355 e. The van der Waals surface area contributed by atoms with Crippen molar-refractivity contribution in [1.82, 2.24) is 14.5 Å². The molecular formula is C22H26F3N3O3S. The summed E-state index contributed by atoms with van der Waals surface area (Å²) in [5.74, 6) is -0.241. The minimum absolute atomic E-state index is 0.0605. The highest BCUT2D eigenvalue weighted by atomic mass is 32.2. The number of nitrogens with one attached hydrogen (secondary N) is 1. The average molecular weight is 470 g/mol. The first-order valence-electron chi connectivity index (χ1n) is 10.4. The number of halogens is 3. The summed E-state index contributed by atoms with van der Waals surface area (Å²) in [5, 5.41) is 2.79. The number of carbonyl (C=O) groups excluding carboxylic acids is 1. The second kappa shape index (κ2) is 10.5. The minimum atomic E-state index is -4.38. The summed E-state index contributed by atoms with van der Waals surface area (Å²) >= 11 is 0. The predicted octanol–water partition coefficient (Wildman–Crippen LogP) is 3.11. The van der Waals surface area contributed by atoms with Gasteiger partial charge in [0.2, 0.25) is 15.9 Å². The number of benzene rings is 2. The summed E-state index contributed by atoms with van der Waals surface area (Å²) in [7, 11) is -3.73. The lowest BCUT2D eigenvalue weighted by Gasteiger charge is -2.24. The fourth-order valence-electron chi connectivity index (χ4n) is 3.56. The Hall–Kier alpha value is -2.43. The Balaban J connectivity index is 1.70. The Morgan fingerprint density at radius 1 is 0.906 bits per heavy atom. The molecule has 0 spiro atoms. The number of nitrogens with zero attached hydrogens (tertiary/aromatic N) is 2. The van der Waals surface area contributed by atoms with E-state index in [1.807, 2.05) is 4.90 Å². The number of alkyl halides is 3. The largest absolute Gasteiger partial charge is 0.416 e. The van der Waals surface area contributed by atoms with Gasteiger partial charge in [0, 0.05) is 39.1 Å². The zero-order chi connectivity index (χ0) is 23.2. The van der Waals surface area contributed by atoms with E-state index >= 15 is 0 Å². The molecule has 0 unspecified atom stereocenters. The quantitative estimate of drug-likeness (QED) is 0.747. The van der Waals surface area contributed by atoms with E-state index in [0.717, 1.165) is 12.1 Å². The molecule has 3 rings (SSSR count). The summed E-state index contributed by atoms with van der Waals surface area (Å²) < 4.78 is 65.7. The summed E-state index contributed by atoms with van der Waals surface area (Å²) in [6.45, 7) is 2.16. The zero-order valence-corrected chi connectivity index (χ0v) is 18.3. The third-order valence-electron chi connectivity index (χ3n) is 5.29. The molecule has 32 heavy (non-hydrogen) atoms. The summed E-state index contributed by atoms with van der Waals surface area (Å²) in [6.07, 6.45) is -3.79. The fourth-order valence-corrected chi connectivity index (χ4v) is 5.06. The van der Waals surface area contributed by atoms with Crippen LogP contribution in [0.1, 0.15) is 24.0 Å². The highest BCUT2D eigenvalue weighted by Gasteiger charge is 2.30. The molecule has 174 valence electrons. The van der Waals surface area contributed by atoms with Crippen LogP contribution < -0.4 is 5.32 Å². The SMILES string of the molecule is O=C1CCN(S(=O)(=O)c2ccccc2)CCCN(Cc2ccc(C(F)(F)F)cc2)CCN1. The Kier molecular flexibility index (Phi) is 7.91. The van der Waals surface area contributed by atoms with Crippen molar-refractivity contribution in [2.45, 2.75) is 30.5 Å². The maximum atomic E-state index is 13.0. The van der Waals surface area contributed by atoms with Gasteiger partial charge in [0.1, 0.15) is 0 Å². The second-order valence-electron chi connectivity index (χ2n) is 7.64. The fraction of sp³-hybridized carbons (Fsp3) is 0.409. The Bertz CT molecular complexity index is 997. The van der Waals surface area contributed by atoms with Crippen molar-refractivity contribution in [3.8, 4) is 0 Å². The lowest BCUT2D eigenvalue weighted by molar-refractivity contribution is -0.137. The van der Waals surface area contributed by atoms with E-state index in [1.165, 1.54) is 28.6 Å². The first-order chi connectivity index (χ1) is 15.2. The van der Waals surface area contributed by atoms with Gasteiger partial charge in [-0.3, -0.25) is 9.69 Å². The maximum Gasteiger partial charge on any atom is 0.416 e. The molecule has 1 aliphatic rings.